The molecule has 0 radical (unpaired) electrons. The number of hydrogen-bond acceptors (Lipinski definition) is 4. The maximum Gasteiger partial charge on any atom is 0.307 e. The van der Waals surface area contributed by atoms with Crippen molar-refractivity contribution in [3.05, 3.63) is 59.7 Å². The van der Waals surface area contributed by atoms with Gasteiger partial charge in [-0.3, -0.25) is 9.52 Å². The molecule has 0 bridgehead atoms. The van der Waals surface area contributed by atoms with Crippen molar-refractivity contribution in [2.45, 2.75) is 17.9 Å². The molecule has 0 aliphatic rings. The van der Waals surface area contributed by atoms with Crippen LogP contribution in [-0.4, -0.2) is 26.6 Å². The topological polar surface area (TPSA) is 92.7 Å². The van der Waals surface area contributed by atoms with E-state index in [0.717, 1.165) is 5.56 Å². The number of sulfonamides is 1. The van der Waals surface area contributed by atoms with Gasteiger partial charge in [0.1, 0.15) is 0 Å². The fourth-order valence-corrected chi connectivity index (χ4v) is 3.07. The van der Waals surface area contributed by atoms with Crippen LogP contribution in [0.3, 0.4) is 0 Å². The molecular weight excluding hydrogens is 318 g/mol. The molecule has 0 heterocycles. The van der Waals surface area contributed by atoms with Crippen molar-refractivity contribution < 1.29 is 23.1 Å². The molecule has 0 aliphatic carbocycles. The molecule has 2 N–H and O–H groups in total. The summed E-state index contributed by atoms with van der Waals surface area (Å²) in [6.07, 6.45) is -0.103. The van der Waals surface area contributed by atoms with Crippen molar-refractivity contribution >= 4 is 21.7 Å². The number of hydrogen-bond donors (Lipinski definition) is 2. The number of carboxylic acid groups (broad SMARTS) is 1. The highest BCUT2D eigenvalue weighted by Crippen LogP contribution is 2.17. The highest BCUT2D eigenvalue weighted by molar-refractivity contribution is 7.92. The Morgan fingerprint density at radius 2 is 1.61 bits per heavy atom. The van der Waals surface area contributed by atoms with Gasteiger partial charge in [0.25, 0.3) is 10.0 Å². The van der Waals surface area contributed by atoms with Crippen LogP contribution in [0, 0.1) is 0 Å². The number of nitrogens with one attached hydrogen (secondary N) is 1. The van der Waals surface area contributed by atoms with Gasteiger partial charge in [0.2, 0.25) is 0 Å². The number of ether oxygens (including phenoxy) is 1. The minimum absolute atomic E-state index is 0.103. The molecule has 0 spiro atoms. The van der Waals surface area contributed by atoms with Crippen molar-refractivity contribution in [3.8, 4) is 0 Å². The molecule has 6 nitrogen and oxygen atoms in total. The number of aliphatic carboxylic acids is 1. The van der Waals surface area contributed by atoms with Crippen LogP contribution in [0.5, 0.6) is 0 Å². The predicted octanol–water partition coefficient (Wildman–Crippen LogP) is 2.26. The first-order chi connectivity index (χ1) is 10.9. The summed E-state index contributed by atoms with van der Waals surface area (Å²) in [5, 5.41) is 8.71. The third-order valence-electron chi connectivity index (χ3n) is 3.11. The SMILES string of the molecule is COCc1ccc(S(=O)(=O)Nc2ccc(CC(=O)O)cc2)cc1. The van der Waals surface area contributed by atoms with Crippen molar-refractivity contribution in [2.75, 3.05) is 11.8 Å². The van der Waals surface area contributed by atoms with Crippen molar-refractivity contribution in [1.82, 2.24) is 0 Å². The predicted molar refractivity (Wildman–Crippen MR) is 85.7 cm³/mol. The van der Waals surface area contributed by atoms with Crippen LogP contribution in [-0.2, 0) is 32.6 Å². The molecule has 122 valence electrons. The van der Waals surface area contributed by atoms with E-state index in [4.69, 9.17) is 9.84 Å². The first kappa shape index (κ1) is 17.0. The van der Waals surface area contributed by atoms with Crippen molar-refractivity contribution in [3.63, 3.8) is 0 Å². The summed E-state index contributed by atoms with van der Waals surface area (Å²) in [6.45, 7) is 0.415. The number of benzene rings is 2. The van der Waals surface area contributed by atoms with Gasteiger partial charge in [0, 0.05) is 12.8 Å². The van der Waals surface area contributed by atoms with Gasteiger partial charge in [0.15, 0.2) is 0 Å². The molecule has 2 aromatic rings. The van der Waals surface area contributed by atoms with Gasteiger partial charge >= 0.3 is 5.97 Å². The number of carboxylic acids is 1. The average Bonchev–Trinajstić information content (AvgIpc) is 2.49. The van der Waals surface area contributed by atoms with Gasteiger partial charge in [-0.2, -0.15) is 0 Å². The lowest BCUT2D eigenvalue weighted by Gasteiger charge is -2.09. The largest absolute Gasteiger partial charge is 0.481 e. The van der Waals surface area contributed by atoms with Crippen molar-refractivity contribution in [2.24, 2.45) is 0 Å². The Bertz CT molecular complexity index is 767. The summed E-state index contributed by atoms with van der Waals surface area (Å²) < 4.78 is 32.0. The van der Waals surface area contributed by atoms with Crippen LogP contribution >= 0.6 is 0 Å². The molecule has 0 aromatic heterocycles. The normalized spacial score (nSPS) is 11.2. The highest BCUT2D eigenvalue weighted by atomic mass is 32.2. The minimum atomic E-state index is -3.69. The summed E-state index contributed by atoms with van der Waals surface area (Å²) in [4.78, 5) is 10.8. The molecule has 0 fully saturated rings. The second kappa shape index (κ2) is 7.26. The monoisotopic (exact) mass is 335 g/mol. The first-order valence-electron chi connectivity index (χ1n) is 6.82. The van der Waals surface area contributed by atoms with Crippen LogP contribution < -0.4 is 4.72 Å². The average molecular weight is 335 g/mol. The number of carbonyl (C=O) groups is 1. The Hall–Kier alpha value is -2.38. The lowest BCUT2D eigenvalue weighted by molar-refractivity contribution is -0.136. The maximum absolute atomic E-state index is 12.3. The van der Waals surface area contributed by atoms with Crippen molar-refractivity contribution in [1.29, 1.82) is 0 Å². The summed E-state index contributed by atoms with van der Waals surface area (Å²) >= 11 is 0. The van der Waals surface area contributed by atoms with E-state index in [1.165, 1.54) is 24.3 Å². The third kappa shape index (κ3) is 4.80. The lowest BCUT2D eigenvalue weighted by Crippen LogP contribution is -2.13. The third-order valence-corrected chi connectivity index (χ3v) is 4.50. The zero-order valence-electron chi connectivity index (χ0n) is 12.5. The van der Waals surface area contributed by atoms with Gasteiger partial charge in [0.05, 0.1) is 17.9 Å². The fraction of sp³-hybridized carbons (Fsp3) is 0.188. The summed E-state index contributed by atoms with van der Waals surface area (Å²) in [5.41, 5.74) is 1.86. The van der Waals surface area contributed by atoms with Gasteiger partial charge in [-0.05, 0) is 35.4 Å². The molecule has 0 unspecified atom stereocenters. The van der Waals surface area contributed by atoms with E-state index >= 15 is 0 Å². The van der Waals surface area contributed by atoms with Crippen LogP contribution in [0.15, 0.2) is 53.4 Å². The zero-order chi connectivity index (χ0) is 16.9. The highest BCUT2D eigenvalue weighted by Gasteiger charge is 2.14. The molecule has 0 saturated carbocycles. The molecule has 7 heteroatoms. The van der Waals surface area contributed by atoms with E-state index in [2.05, 4.69) is 4.72 Å². The second-order valence-electron chi connectivity index (χ2n) is 4.95. The van der Waals surface area contributed by atoms with Crippen LogP contribution in [0.2, 0.25) is 0 Å². The standard InChI is InChI=1S/C16H17NO5S/c1-22-11-13-4-8-15(9-5-13)23(20,21)17-14-6-2-12(3-7-14)10-16(18)19/h2-9,17H,10-11H2,1H3,(H,18,19). The zero-order valence-corrected chi connectivity index (χ0v) is 13.3. The Kier molecular flexibility index (Phi) is 5.36. The Balaban J connectivity index is 2.12. The number of rotatable bonds is 7. The second-order valence-corrected chi connectivity index (χ2v) is 6.63. The van der Waals surface area contributed by atoms with Gasteiger partial charge in [-0.25, -0.2) is 8.42 Å². The molecule has 0 saturated heterocycles. The van der Waals surface area contributed by atoms with E-state index in [1.54, 1.807) is 31.4 Å². The number of methoxy groups -OCH3 is 1. The maximum atomic E-state index is 12.3. The molecule has 0 aliphatic heterocycles. The van der Waals surface area contributed by atoms with E-state index in [0.29, 0.717) is 17.9 Å². The van der Waals surface area contributed by atoms with E-state index in [1.807, 2.05) is 0 Å². The minimum Gasteiger partial charge on any atom is -0.481 e. The molecule has 2 aromatic carbocycles. The smallest absolute Gasteiger partial charge is 0.307 e. The van der Waals surface area contributed by atoms with Crippen LogP contribution in [0.1, 0.15) is 11.1 Å². The fourth-order valence-electron chi connectivity index (χ4n) is 2.01. The molecule has 2 rings (SSSR count). The number of anilines is 1. The Morgan fingerprint density at radius 1 is 1.04 bits per heavy atom. The molecule has 0 atom stereocenters. The van der Waals surface area contributed by atoms with E-state index < -0.39 is 16.0 Å². The van der Waals surface area contributed by atoms with Crippen LogP contribution in [0.4, 0.5) is 5.69 Å². The lowest BCUT2D eigenvalue weighted by atomic mass is 10.1. The Labute approximate surface area is 134 Å². The summed E-state index contributed by atoms with van der Waals surface area (Å²) in [7, 11) is -2.12. The van der Waals surface area contributed by atoms with E-state index in [9.17, 15) is 13.2 Å². The molecule has 0 amide bonds. The van der Waals surface area contributed by atoms with Gasteiger partial charge < -0.3 is 9.84 Å². The molecule has 23 heavy (non-hydrogen) atoms. The first-order valence-corrected chi connectivity index (χ1v) is 8.30. The summed E-state index contributed by atoms with van der Waals surface area (Å²) in [6, 6.07) is 12.6. The van der Waals surface area contributed by atoms with E-state index in [-0.39, 0.29) is 11.3 Å². The van der Waals surface area contributed by atoms with Crippen LogP contribution in [0.25, 0.3) is 0 Å². The molecular formula is C16H17NO5S. The quantitative estimate of drug-likeness (QED) is 0.809. The van der Waals surface area contributed by atoms with Gasteiger partial charge in [-0.1, -0.05) is 24.3 Å². The van der Waals surface area contributed by atoms with Gasteiger partial charge in [-0.15, -0.1) is 0 Å². The summed E-state index contributed by atoms with van der Waals surface area (Å²) in [5.74, 6) is -0.936. The Morgan fingerprint density at radius 3 is 2.13 bits per heavy atom.